The van der Waals surface area contributed by atoms with Crippen molar-refractivity contribution in [2.75, 3.05) is 0 Å². The predicted molar refractivity (Wildman–Crippen MR) is 53.4 cm³/mol. The lowest BCUT2D eigenvalue weighted by atomic mass is 10.3. The standard InChI is InChI=1S/C8H4Br2F4O/c9-4-2-1-3-5(10)6(4)15-8(13,14)7(11)12/h1-3,7H. The van der Waals surface area contributed by atoms with Gasteiger partial charge in [-0.3, -0.25) is 0 Å². The van der Waals surface area contributed by atoms with Crippen LogP contribution in [0.5, 0.6) is 5.75 Å². The van der Waals surface area contributed by atoms with Crippen LogP contribution in [0.1, 0.15) is 0 Å². The maximum Gasteiger partial charge on any atom is 0.461 e. The minimum atomic E-state index is -4.51. The van der Waals surface area contributed by atoms with Crippen LogP contribution < -0.4 is 4.74 Å². The molecule has 7 heteroatoms. The number of rotatable bonds is 3. The molecule has 0 heterocycles. The van der Waals surface area contributed by atoms with Gasteiger partial charge in [0.1, 0.15) is 0 Å². The summed E-state index contributed by atoms with van der Waals surface area (Å²) in [5.41, 5.74) is 0. The van der Waals surface area contributed by atoms with Crippen molar-refractivity contribution >= 4 is 31.9 Å². The van der Waals surface area contributed by atoms with Crippen molar-refractivity contribution in [1.29, 1.82) is 0 Å². The smallest absolute Gasteiger partial charge is 0.426 e. The molecule has 0 fully saturated rings. The molecule has 0 radical (unpaired) electrons. The van der Waals surface area contributed by atoms with Crippen LogP contribution in [0.25, 0.3) is 0 Å². The van der Waals surface area contributed by atoms with Crippen LogP contribution in [0.2, 0.25) is 0 Å². The van der Waals surface area contributed by atoms with Crippen LogP contribution in [-0.4, -0.2) is 12.5 Å². The van der Waals surface area contributed by atoms with Gasteiger partial charge in [0.25, 0.3) is 0 Å². The summed E-state index contributed by atoms with van der Waals surface area (Å²) >= 11 is 5.83. The summed E-state index contributed by atoms with van der Waals surface area (Å²) in [5.74, 6) is -0.359. The highest BCUT2D eigenvalue weighted by molar-refractivity contribution is 9.11. The van der Waals surface area contributed by atoms with Crippen LogP contribution >= 0.6 is 31.9 Å². The van der Waals surface area contributed by atoms with Crippen molar-refractivity contribution in [2.24, 2.45) is 0 Å². The van der Waals surface area contributed by atoms with Crippen molar-refractivity contribution in [3.05, 3.63) is 27.1 Å². The van der Waals surface area contributed by atoms with E-state index in [0.29, 0.717) is 0 Å². The molecule has 0 aliphatic carbocycles. The van der Waals surface area contributed by atoms with Crippen molar-refractivity contribution in [3.63, 3.8) is 0 Å². The molecule has 0 amide bonds. The molecule has 1 rings (SSSR count). The van der Waals surface area contributed by atoms with Gasteiger partial charge >= 0.3 is 12.5 Å². The van der Waals surface area contributed by atoms with E-state index in [4.69, 9.17) is 0 Å². The summed E-state index contributed by atoms with van der Waals surface area (Å²) in [4.78, 5) is 0. The molecule has 0 bridgehead atoms. The van der Waals surface area contributed by atoms with Crippen molar-refractivity contribution in [2.45, 2.75) is 12.5 Å². The van der Waals surface area contributed by atoms with E-state index in [1.807, 2.05) is 0 Å². The van der Waals surface area contributed by atoms with E-state index < -0.39 is 12.5 Å². The number of alkyl halides is 4. The highest BCUT2D eigenvalue weighted by atomic mass is 79.9. The van der Waals surface area contributed by atoms with Crippen LogP contribution in [0.3, 0.4) is 0 Å². The van der Waals surface area contributed by atoms with Crippen molar-refractivity contribution in [1.82, 2.24) is 0 Å². The summed E-state index contributed by atoms with van der Waals surface area (Å²) in [7, 11) is 0. The van der Waals surface area contributed by atoms with E-state index in [1.54, 1.807) is 6.07 Å². The zero-order chi connectivity index (χ0) is 11.6. The van der Waals surface area contributed by atoms with E-state index in [1.165, 1.54) is 12.1 Å². The molecule has 0 atom stereocenters. The molecular weight excluding hydrogens is 348 g/mol. The molecule has 1 aromatic rings. The van der Waals surface area contributed by atoms with Gasteiger partial charge in [0.05, 0.1) is 8.95 Å². The summed E-state index contributed by atoms with van der Waals surface area (Å²) < 4.78 is 53.1. The Morgan fingerprint density at radius 1 is 1.13 bits per heavy atom. The Morgan fingerprint density at radius 2 is 1.60 bits per heavy atom. The van der Waals surface area contributed by atoms with Gasteiger partial charge in [0.2, 0.25) is 0 Å². The fourth-order valence-electron chi connectivity index (χ4n) is 0.761. The first-order valence-electron chi connectivity index (χ1n) is 3.63. The molecule has 1 nitrogen and oxygen atoms in total. The Bertz CT molecular complexity index is 336. The molecule has 0 spiro atoms. The lowest BCUT2D eigenvalue weighted by molar-refractivity contribution is -0.253. The number of halogens is 6. The lowest BCUT2D eigenvalue weighted by Gasteiger charge is -2.18. The van der Waals surface area contributed by atoms with Crippen LogP contribution in [0.4, 0.5) is 17.6 Å². The third-order valence-corrected chi connectivity index (χ3v) is 2.66. The Hall–Kier alpha value is -0.300. The zero-order valence-corrected chi connectivity index (χ0v) is 10.2. The fraction of sp³-hybridized carbons (Fsp3) is 0.250. The van der Waals surface area contributed by atoms with Gasteiger partial charge in [-0.15, -0.1) is 0 Å². The lowest BCUT2D eigenvalue weighted by Crippen LogP contribution is -2.33. The zero-order valence-electron chi connectivity index (χ0n) is 6.99. The number of benzene rings is 1. The topological polar surface area (TPSA) is 9.23 Å². The van der Waals surface area contributed by atoms with Crippen LogP contribution in [0.15, 0.2) is 27.1 Å². The van der Waals surface area contributed by atoms with Crippen molar-refractivity contribution < 1.29 is 22.3 Å². The predicted octanol–water partition coefficient (Wildman–Crippen LogP) is 4.45. The van der Waals surface area contributed by atoms with Gasteiger partial charge in [-0.1, -0.05) is 6.07 Å². The molecule has 84 valence electrons. The average Bonchev–Trinajstić information content (AvgIpc) is 2.11. The molecule has 0 N–H and O–H groups in total. The normalized spacial score (nSPS) is 11.9. The van der Waals surface area contributed by atoms with Gasteiger partial charge < -0.3 is 4.74 Å². The van der Waals surface area contributed by atoms with E-state index >= 15 is 0 Å². The first-order valence-corrected chi connectivity index (χ1v) is 5.22. The fourth-order valence-corrected chi connectivity index (χ4v) is 1.92. The van der Waals surface area contributed by atoms with Crippen LogP contribution in [-0.2, 0) is 0 Å². The largest absolute Gasteiger partial charge is 0.461 e. The Labute approximate surface area is 99.7 Å². The summed E-state index contributed by atoms with van der Waals surface area (Å²) in [6, 6.07) is 4.35. The first-order chi connectivity index (χ1) is 6.84. The second kappa shape index (κ2) is 4.69. The quantitative estimate of drug-likeness (QED) is 0.731. The highest BCUT2D eigenvalue weighted by Gasteiger charge is 2.44. The summed E-state index contributed by atoms with van der Waals surface area (Å²) in [5, 5.41) is 0. The molecule has 0 aliphatic heterocycles. The van der Waals surface area contributed by atoms with Crippen LogP contribution in [0, 0.1) is 0 Å². The highest BCUT2D eigenvalue weighted by Crippen LogP contribution is 2.37. The van der Waals surface area contributed by atoms with Gasteiger partial charge in [-0.05, 0) is 44.0 Å². The third kappa shape index (κ3) is 3.07. The van der Waals surface area contributed by atoms with Gasteiger partial charge in [-0.2, -0.15) is 17.6 Å². The number of para-hydroxylation sites is 1. The number of ether oxygens (including phenoxy) is 1. The van der Waals surface area contributed by atoms with E-state index in [-0.39, 0.29) is 14.7 Å². The Kier molecular flexibility index (Phi) is 3.99. The Balaban J connectivity index is 2.99. The van der Waals surface area contributed by atoms with Crippen molar-refractivity contribution in [3.8, 4) is 5.75 Å². The maximum absolute atomic E-state index is 12.6. The molecule has 0 saturated heterocycles. The van der Waals surface area contributed by atoms with Gasteiger partial charge in [-0.25, -0.2) is 0 Å². The number of hydrogen-bond donors (Lipinski definition) is 0. The third-order valence-electron chi connectivity index (χ3n) is 1.41. The SMILES string of the molecule is FC(F)C(F)(F)Oc1c(Br)cccc1Br. The molecule has 0 aromatic heterocycles. The van der Waals surface area contributed by atoms with Gasteiger partial charge in [0.15, 0.2) is 5.75 Å². The molecular formula is C8H4Br2F4O. The minimum absolute atomic E-state index is 0.164. The molecule has 0 unspecified atom stereocenters. The minimum Gasteiger partial charge on any atom is -0.426 e. The Morgan fingerprint density at radius 3 is 2.00 bits per heavy atom. The second-order valence-corrected chi connectivity index (χ2v) is 4.22. The molecule has 0 aliphatic rings. The molecule has 1 aromatic carbocycles. The average molecular weight is 352 g/mol. The van der Waals surface area contributed by atoms with E-state index in [0.717, 1.165) is 0 Å². The molecule has 15 heavy (non-hydrogen) atoms. The number of hydrogen-bond acceptors (Lipinski definition) is 1. The molecule has 0 saturated carbocycles. The second-order valence-electron chi connectivity index (χ2n) is 2.52. The van der Waals surface area contributed by atoms with Gasteiger partial charge in [0, 0.05) is 0 Å². The summed E-state index contributed by atoms with van der Waals surface area (Å²) in [6.45, 7) is 0. The summed E-state index contributed by atoms with van der Waals surface area (Å²) in [6.07, 6.45) is -8.39. The van der Waals surface area contributed by atoms with E-state index in [9.17, 15) is 17.6 Å². The van der Waals surface area contributed by atoms with E-state index in [2.05, 4.69) is 36.6 Å². The maximum atomic E-state index is 12.6. The monoisotopic (exact) mass is 350 g/mol. The first kappa shape index (κ1) is 12.8.